The summed E-state index contributed by atoms with van der Waals surface area (Å²) in [5.41, 5.74) is 5.98. The number of anilines is 1. The Balaban J connectivity index is 1.40. The standard InChI is InChI=1S/C24H20N5O9P/c25-24-27-20-18(21(31)28-24)26-12-29(20)22-17(10-16(37-22)11-36-39(33,34)35)38-23(32)15-8-6-14(7-9-15)19(30)13-4-2-1-3-5-13/h1-10,12,16,22H,11H2,(H2,33,34,35)(H3,25,27,28,31)/t16-,22+/m0/s1. The molecule has 0 saturated heterocycles. The zero-order valence-corrected chi connectivity index (χ0v) is 20.7. The predicted molar refractivity (Wildman–Crippen MR) is 134 cm³/mol. The second kappa shape index (κ2) is 10.4. The van der Waals surface area contributed by atoms with Gasteiger partial charge in [0.25, 0.3) is 5.56 Å². The van der Waals surface area contributed by atoms with Crippen LogP contribution in [0.25, 0.3) is 11.2 Å². The lowest BCUT2D eigenvalue weighted by Crippen LogP contribution is -2.20. The number of hydrogen-bond donors (Lipinski definition) is 4. The minimum absolute atomic E-state index is 0.0172. The van der Waals surface area contributed by atoms with Crippen molar-refractivity contribution in [2.24, 2.45) is 0 Å². The molecule has 0 fully saturated rings. The number of nitrogens with zero attached hydrogens (tertiary/aromatic N) is 3. The first-order chi connectivity index (χ1) is 18.6. The van der Waals surface area contributed by atoms with E-state index in [-0.39, 0.29) is 34.2 Å². The van der Waals surface area contributed by atoms with Crippen LogP contribution in [0.5, 0.6) is 0 Å². The Bertz CT molecular complexity index is 1690. The van der Waals surface area contributed by atoms with Gasteiger partial charge in [0.1, 0.15) is 6.10 Å². The van der Waals surface area contributed by atoms with Gasteiger partial charge in [-0.3, -0.25) is 23.7 Å². The van der Waals surface area contributed by atoms with E-state index in [2.05, 4.69) is 19.5 Å². The van der Waals surface area contributed by atoms with Gasteiger partial charge in [0.2, 0.25) is 5.95 Å². The molecule has 0 saturated carbocycles. The summed E-state index contributed by atoms with van der Waals surface area (Å²) in [5.74, 6) is -1.30. The molecule has 0 unspecified atom stereocenters. The number of rotatable bonds is 8. The monoisotopic (exact) mass is 553 g/mol. The van der Waals surface area contributed by atoms with E-state index < -0.39 is 38.3 Å². The summed E-state index contributed by atoms with van der Waals surface area (Å²) in [6, 6.07) is 14.5. The smallest absolute Gasteiger partial charge is 0.423 e. The second-order valence-corrected chi connectivity index (χ2v) is 9.56. The molecule has 0 bridgehead atoms. The molecule has 0 aliphatic carbocycles. The number of benzene rings is 2. The normalized spacial score (nSPS) is 17.2. The topological polar surface area (TPSA) is 209 Å². The maximum atomic E-state index is 13.0. The zero-order valence-electron chi connectivity index (χ0n) is 19.8. The molecule has 4 aromatic rings. The Labute approximate surface area is 218 Å². The average Bonchev–Trinajstić information content (AvgIpc) is 3.51. The number of hydrogen-bond acceptors (Lipinski definition) is 10. The van der Waals surface area contributed by atoms with Crippen molar-refractivity contribution in [2.75, 3.05) is 12.3 Å². The zero-order chi connectivity index (χ0) is 27.7. The Morgan fingerprint density at radius 3 is 2.44 bits per heavy atom. The molecule has 0 radical (unpaired) electrons. The molecule has 0 spiro atoms. The fourth-order valence-electron chi connectivity index (χ4n) is 3.88. The fraction of sp³-hybridized carbons (Fsp3) is 0.125. The van der Waals surface area contributed by atoms with E-state index in [4.69, 9.17) is 25.0 Å². The molecule has 2 aromatic carbocycles. The Morgan fingerprint density at radius 1 is 1.08 bits per heavy atom. The van der Waals surface area contributed by atoms with Crippen LogP contribution in [0.1, 0.15) is 32.5 Å². The number of phosphoric ester groups is 1. The van der Waals surface area contributed by atoms with E-state index in [9.17, 15) is 18.9 Å². The summed E-state index contributed by atoms with van der Waals surface area (Å²) in [6.45, 7) is -0.569. The van der Waals surface area contributed by atoms with Crippen LogP contribution >= 0.6 is 7.82 Å². The third-order valence-electron chi connectivity index (χ3n) is 5.64. The number of aromatic nitrogens is 4. The lowest BCUT2D eigenvalue weighted by molar-refractivity contribution is -0.0272. The molecule has 3 heterocycles. The maximum Gasteiger partial charge on any atom is 0.469 e. The van der Waals surface area contributed by atoms with Gasteiger partial charge in [0.05, 0.1) is 18.5 Å². The van der Waals surface area contributed by atoms with Crippen molar-refractivity contribution in [1.29, 1.82) is 0 Å². The Morgan fingerprint density at radius 2 is 1.74 bits per heavy atom. The van der Waals surface area contributed by atoms with Crippen LogP contribution in [-0.2, 0) is 18.6 Å². The van der Waals surface area contributed by atoms with Crippen molar-refractivity contribution in [1.82, 2.24) is 19.5 Å². The number of nitrogens with one attached hydrogen (secondary N) is 1. The number of esters is 1. The van der Waals surface area contributed by atoms with Crippen LogP contribution in [-0.4, -0.2) is 53.8 Å². The first-order valence-corrected chi connectivity index (χ1v) is 12.8. The highest BCUT2D eigenvalue weighted by Gasteiger charge is 2.35. The molecule has 14 nitrogen and oxygen atoms in total. The van der Waals surface area contributed by atoms with E-state index in [1.54, 1.807) is 30.3 Å². The number of carbonyl (C=O) groups excluding carboxylic acids is 2. The van der Waals surface area contributed by atoms with E-state index in [0.29, 0.717) is 11.1 Å². The molecule has 0 amide bonds. The SMILES string of the molecule is Nc1nc2c(ncn2[C@@H]2O[C@H](COP(=O)(O)O)C=C2OC(=O)c2ccc(C(=O)c3ccccc3)cc2)c(=O)[nH]1. The number of H-pyrrole nitrogens is 1. The van der Waals surface area contributed by atoms with Crippen LogP contribution in [0, 0.1) is 0 Å². The molecule has 5 N–H and O–H groups in total. The van der Waals surface area contributed by atoms with Crippen LogP contribution in [0.2, 0.25) is 0 Å². The fourth-order valence-corrected chi connectivity index (χ4v) is 4.22. The van der Waals surface area contributed by atoms with Gasteiger partial charge in [-0.1, -0.05) is 42.5 Å². The Kier molecular flexibility index (Phi) is 6.95. The molecule has 2 aromatic heterocycles. The number of carbonyl (C=O) groups is 2. The first kappa shape index (κ1) is 26.2. The molecule has 5 rings (SSSR count). The van der Waals surface area contributed by atoms with E-state index in [1.165, 1.54) is 41.2 Å². The molecule has 2 atom stereocenters. The number of fused-ring (bicyclic) bond motifs is 1. The van der Waals surface area contributed by atoms with Gasteiger partial charge in [0.15, 0.2) is 28.9 Å². The highest BCUT2D eigenvalue weighted by atomic mass is 31.2. The van der Waals surface area contributed by atoms with Crippen molar-refractivity contribution in [3.05, 3.63) is 99.8 Å². The van der Waals surface area contributed by atoms with Crippen molar-refractivity contribution >= 4 is 36.7 Å². The van der Waals surface area contributed by atoms with Crippen molar-refractivity contribution in [3.63, 3.8) is 0 Å². The minimum Gasteiger partial charge on any atom is -0.423 e. The van der Waals surface area contributed by atoms with Crippen molar-refractivity contribution < 1.29 is 37.9 Å². The van der Waals surface area contributed by atoms with E-state index in [1.807, 2.05) is 0 Å². The average molecular weight is 553 g/mol. The summed E-state index contributed by atoms with van der Waals surface area (Å²) < 4.78 is 28.3. The summed E-state index contributed by atoms with van der Waals surface area (Å²) >= 11 is 0. The minimum atomic E-state index is -4.82. The van der Waals surface area contributed by atoms with Crippen molar-refractivity contribution in [2.45, 2.75) is 12.3 Å². The maximum absolute atomic E-state index is 13.0. The van der Waals surface area contributed by atoms with E-state index >= 15 is 0 Å². The highest BCUT2D eigenvalue weighted by Crippen LogP contribution is 2.38. The summed E-state index contributed by atoms with van der Waals surface area (Å²) in [7, 11) is -4.82. The number of nitrogen functional groups attached to an aromatic ring is 1. The molecular weight excluding hydrogens is 533 g/mol. The Hall–Kier alpha value is -4.46. The first-order valence-electron chi connectivity index (χ1n) is 11.3. The number of imidazole rings is 1. The number of phosphoric acid groups is 1. The summed E-state index contributed by atoms with van der Waals surface area (Å²) in [5, 5.41) is 0. The van der Waals surface area contributed by atoms with Crippen LogP contribution in [0.15, 0.2) is 77.6 Å². The molecule has 1 aliphatic heterocycles. The lowest BCUT2D eigenvalue weighted by Gasteiger charge is -2.18. The van der Waals surface area contributed by atoms with Gasteiger partial charge >= 0.3 is 13.8 Å². The molecule has 200 valence electrons. The van der Waals surface area contributed by atoms with Crippen molar-refractivity contribution in [3.8, 4) is 0 Å². The predicted octanol–water partition coefficient (Wildman–Crippen LogP) is 1.68. The van der Waals surface area contributed by atoms with Gasteiger partial charge in [-0.25, -0.2) is 14.3 Å². The van der Waals surface area contributed by atoms with Gasteiger partial charge in [-0.2, -0.15) is 4.98 Å². The van der Waals surface area contributed by atoms with Crippen LogP contribution < -0.4 is 11.3 Å². The number of ether oxygens (including phenoxy) is 2. The molecular formula is C24H20N5O9P. The summed E-state index contributed by atoms with van der Waals surface area (Å²) in [6.07, 6.45) is 0.257. The van der Waals surface area contributed by atoms with Crippen LogP contribution in [0.4, 0.5) is 5.95 Å². The van der Waals surface area contributed by atoms with Gasteiger partial charge < -0.3 is 25.0 Å². The quantitative estimate of drug-likeness (QED) is 0.140. The summed E-state index contributed by atoms with van der Waals surface area (Å²) in [4.78, 5) is 66.3. The third-order valence-corrected chi connectivity index (χ3v) is 6.12. The third kappa shape index (κ3) is 5.70. The van der Waals surface area contributed by atoms with Gasteiger partial charge in [-0.15, -0.1) is 0 Å². The van der Waals surface area contributed by atoms with E-state index in [0.717, 1.165) is 0 Å². The second-order valence-electron chi connectivity index (χ2n) is 8.32. The largest absolute Gasteiger partial charge is 0.469 e. The molecule has 15 heteroatoms. The number of ketones is 1. The molecule has 39 heavy (non-hydrogen) atoms. The van der Waals surface area contributed by atoms with Gasteiger partial charge in [0, 0.05) is 11.1 Å². The van der Waals surface area contributed by atoms with Gasteiger partial charge in [-0.05, 0) is 18.2 Å². The van der Waals surface area contributed by atoms with Crippen LogP contribution in [0.3, 0.4) is 0 Å². The number of aromatic amines is 1. The highest BCUT2D eigenvalue weighted by molar-refractivity contribution is 7.46. The molecule has 1 aliphatic rings. The number of nitrogens with two attached hydrogens (primary N) is 1. The lowest BCUT2D eigenvalue weighted by atomic mass is 10.0.